The number of rotatable bonds is 2. The fourth-order valence-electron chi connectivity index (χ4n) is 2.06. The van der Waals surface area contributed by atoms with Gasteiger partial charge < -0.3 is 15.0 Å². The summed E-state index contributed by atoms with van der Waals surface area (Å²) in [6.07, 6.45) is 2.40. The molecule has 0 bridgehead atoms. The Morgan fingerprint density at radius 2 is 2.00 bits per heavy atom. The number of benzene rings is 1. The van der Waals surface area contributed by atoms with E-state index < -0.39 is 0 Å². The third-order valence-corrected chi connectivity index (χ3v) is 2.93. The number of H-pyrrole nitrogens is 1. The molecule has 4 nitrogen and oxygen atoms in total. The standard InChI is InChI=1S/C12H15N3O/c1-2-4-11-10(3-1)14-12(15-11)16-9-5-7-13-8-6-9/h1-4,9,13H,5-8H2,(H,14,15). The number of ether oxygens (including phenoxy) is 1. The molecule has 0 aliphatic carbocycles. The van der Waals surface area contributed by atoms with E-state index in [1.807, 2.05) is 24.3 Å². The lowest BCUT2D eigenvalue weighted by molar-refractivity contribution is 0.151. The van der Waals surface area contributed by atoms with Crippen LogP contribution in [0.5, 0.6) is 6.01 Å². The highest BCUT2D eigenvalue weighted by atomic mass is 16.5. The number of hydrogen-bond donors (Lipinski definition) is 2. The molecule has 16 heavy (non-hydrogen) atoms. The Labute approximate surface area is 94.0 Å². The third-order valence-electron chi connectivity index (χ3n) is 2.93. The molecule has 1 aliphatic heterocycles. The summed E-state index contributed by atoms with van der Waals surface area (Å²) in [5, 5.41) is 3.32. The van der Waals surface area contributed by atoms with Crippen LogP contribution in [0.1, 0.15) is 12.8 Å². The smallest absolute Gasteiger partial charge is 0.294 e. The van der Waals surface area contributed by atoms with Gasteiger partial charge in [0.25, 0.3) is 6.01 Å². The van der Waals surface area contributed by atoms with Crippen molar-refractivity contribution in [2.75, 3.05) is 13.1 Å². The van der Waals surface area contributed by atoms with Gasteiger partial charge in [0.05, 0.1) is 11.0 Å². The second kappa shape index (κ2) is 4.14. The third kappa shape index (κ3) is 1.88. The number of para-hydroxylation sites is 2. The Morgan fingerprint density at radius 1 is 1.19 bits per heavy atom. The molecule has 1 aromatic heterocycles. The van der Waals surface area contributed by atoms with Crippen molar-refractivity contribution in [3.05, 3.63) is 24.3 Å². The summed E-state index contributed by atoms with van der Waals surface area (Å²) < 4.78 is 5.83. The first-order valence-corrected chi connectivity index (χ1v) is 5.74. The number of nitrogens with zero attached hydrogens (tertiary/aromatic N) is 1. The van der Waals surface area contributed by atoms with Crippen molar-refractivity contribution in [2.24, 2.45) is 0 Å². The van der Waals surface area contributed by atoms with Crippen LogP contribution in [-0.4, -0.2) is 29.2 Å². The molecule has 0 atom stereocenters. The van der Waals surface area contributed by atoms with Crippen molar-refractivity contribution < 1.29 is 4.74 Å². The largest absolute Gasteiger partial charge is 0.461 e. The SMILES string of the molecule is c1ccc2[nH]c(OC3CCNCC3)nc2c1. The predicted octanol–water partition coefficient (Wildman–Crippen LogP) is 1.69. The first-order chi connectivity index (χ1) is 7.92. The Kier molecular flexibility index (Phi) is 2.50. The minimum Gasteiger partial charge on any atom is -0.461 e. The molecule has 2 heterocycles. The van der Waals surface area contributed by atoms with Crippen molar-refractivity contribution in [1.29, 1.82) is 0 Å². The van der Waals surface area contributed by atoms with E-state index in [1.165, 1.54) is 0 Å². The van der Waals surface area contributed by atoms with Gasteiger partial charge in [-0.05, 0) is 38.1 Å². The lowest BCUT2D eigenvalue weighted by atomic mass is 10.1. The van der Waals surface area contributed by atoms with Gasteiger partial charge in [0, 0.05) is 0 Å². The van der Waals surface area contributed by atoms with Gasteiger partial charge in [0.2, 0.25) is 0 Å². The Bertz CT molecular complexity index is 441. The molecule has 2 aromatic rings. The van der Waals surface area contributed by atoms with E-state index in [1.54, 1.807) is 0 Å². The first kappa shape index (κ1) is 9.66. The highest BCUT2D eigenvalue weighted by Gasteiger charge is 2.15. The molecular weight excluding hydrogens is 202 g/mol. The molecule has 4 heteroatoms. The van der Waals surface area contributed by atoms with Gasteiger partial charge in [-0.3, -0.25) is 0 Å². The van der Waals surface area contributed by atoms with E-state index in [9.17, 15) is 0 Å². The molecule has 2 N–H and O–H groups in total. The molecule has 3 rings (SSSR count). The zero-order valence-electron chi connectivity index (χ0n) is 9.07. The van der Waals surface area contributed by atoms with Gasteiger partial charge in [-0.2, -0.15) is 4.98 Å². The maximum absolute atomic E-state index is 5.83. The fraction of sp³-hybridized carbons (Fsp3) is 0.417. The van der Waals surface area contributed by atoms with Crippen LogP contribution in [0.25, 0.3) is 11.0 Å². The Balaban J connectivity index is 1.78. The van der Waals surface area contributed by atoms with E-state index in [-0.39, 0.29) is 0 Å². The number of piperidine rings is 1. The molecule has 1 aromatic carbocycles. The lowest BCUT2D eigenvalue weighted by Gasteiger charge is -2.22. The van der Waals surface area contributed by atoms with Crippen molar-refractivity contribution in [3.8, 4) is 6.01 Å². The first-order valence-electron chi connectivity index (χ1n) is 5.74. The van der Waals surface area contributed by atoms with E-state index in [4.69, 9.17) is 4.74 Å². The van der Waals surface area contributed by atoms with Crippen molar-refractivity contribution in [2.45, 2.75) is 18.9 Å². The van der Waals surface area contributed by atoms with E-state index in [0.717, 1.165) is 37.0 Å². The maximum Gasteiger partial charge on any atom is 0.294 e. The van der Waals surface area contributed by atoms with Crippen LogP contribution in [0.2, 0.25) is 0 Å². The van der Waals surface area contributed by atoms with Crippen LogP contribution in [0.4, 0.5) is 0 Å². The summed E-state index contributed by atoms with van der Waals surface area (Å²) in [5.74, 6) is 0. The number of aromatic nitrogens is 2. The predicted molar refractivity (Wildman–Crippen MR) is 62.6 cm³/mol. The molecule has 1 aliphatic rings. The van der Waals surface area contributed by atoms with Gasteiger partial charge in [-0.25, -0.2) is 0 Å². The maximum atomic E-state index is 5.83. The summed E-state index contributed by atoms with van der Waals surface area (Å²) in [7, 11) is 0. The van der Waals surface area contributed by atoms with Crippen LogP contribution in [0.15, 0.2) is 24.3 Å². The minimum absolute atomic E-state index is 0.293. The molecule has 0 spiro atoms. The van der Waals surface area contributed by atoms with Crippen LogP contribution in [0.3, 0.4) is 0 Å². The zero-order valence-corrected chi connectivity index (χ0v) is 9.07. The van der Waals surface area contributed by atoms with Crippen LogP contribution >= 0.6 is 0 Å². The number of aromatic amines is 1. The average Bonchev–Trinajstić information content (AvgIpc) is 2.72. The van der Waals surface area contributed by atoms with Gasteiger partial charge >= 0.3 is 0 Å². The highest BCUT2D eigenvalue weighted by Crippen LogP contribution is 2.18. The summed E-state index contributed by atoms with van der Waals surface area (Å²) >= 11 is 0. The fourth-order valence-corrected chi connectivity index (χ4v) is 2.06. The molecule has 1 saturated heterocycles. The molecule has 0 unspecified atom stereocenters. The van der Waals surface area contributed by atoms with Gasteiger partial charge in [-0.1, -0.05) is 12.1 Å². The van der Waals surface area contributed by atoms with Crippen LogP contribution < -0.4 is 10.1 Å². The number of imidazole rings is 1. The Hall–Kier alpha value is -1.55. The molecular formula is C12H15N3O. The molecule has 1 fully saturated rings. The number of nitrogens with one attached hydrogen (secondary N) is 2. The topological polar surface area (TPSA) is 49.9 Å². The minimum atomic E-state index is 0.293. The molecule has 0 radical (unpaired) electrons. The quantitative estimate of drug-likeness (QED) is 0.805. The molecule has 0 amide bonds. The normalized spacial score (nSPS) is 17.8. The van der Waals surface area contributed by atoms with E-state index >= 15 is 0 Å². The average molecular weight is 217 g/mol. The van der Waals surface area contributed by atoms with Gasteiger partial charge in [0.15, 0.2) is 0 Å². The van der Waals surface area contributed by atoms with Crippen LogP contribution in [0, 0.1) is 0 Å². The molecule has 0 saturated carbocycles. The summed E-state index contributed by atoms with van der Waals surface area (Å²) in [6, 6.07) is 8.62. The Morgan fingerprint density at radius 3 is 2.81 bits per heavy atom. The summed E-state index contributed by atoms with van der Waals surface area (Å²) in [6.45, 7) is 2.07. The van der Waals surface area contributed by atoms with Gasteiger partial charge in [0.1, 0.15) is 6.10 Å². The van der Waals surface area contributed by atoms with E-state index in [0.29, 0.717) is 12.1 Å². The second-order valence-corrected chi connectivity index (χ2v) is 4.13. The summed E-state index contributed by atoms with van der Waals surface area (Å²) in [5.41, 5.74) is 2.00. The van der Waals surface area contributed by atoms with Crippen molar-refractivity contribution >= 4 is 11.0 Å². The zero-order chi connectivity index (χ0) is 10.8. The summed E-state index contributed by atoms with van der Waals surface area (Å²) in [4.78, 5) is 7.60. The number of fused-ring (bicyclic) bond motifs is 1. The van der Waals surface area contributed by atoms with Crippen molar-refractivity contribution in [3.63, 3.8) is 0 Å². The lowest BCUT2D eigenvalue weighted by Crippen LogP contribution is -2.34. The number of hydrogen-bond acceptors (Lipinski definition) is 3. The molecule has 84 valence electrons. The highest BCUT2D eigenvalue weighted by molar-refractivity contribution is 5.75. The monoisotopic (exact) mass is 217 g/mol. The van der Waals surface area contributed by atoms with Gasteiger partial charge in [-0.15, -0.1) is 0 Å². The second-order valence-electron chi connectivity index (χ2n) is 4.13. The van der Waals surface area contributed by atoms with Crippen LogP contribution in [-0.2, 0) is 0 Å². The van der Waals surface area contributed by atoms with E-state index in [2.05, 4.69) is 15.3 Å². The van der Waals surface area contributed by atoms with Crippen molar-refractivity contribution in [1.82, 2.24) is 15.3 Å².